The number of rotatable bonds is 4. The third-order valence-electron chi connectivity index (χ3n) is 4.19. The number of likely N-dealkylation sites (N-methyl/N-ethyl adjacent to an activating group) is 1. The summed E-state index contributed by atoms with van der Waals surface area (Å²) < 4.78 is 0.957. The van der Waals surface area contributed by atoms with Crippen LogP contribution in [0.15, 0.2) is 28.9 Å². The number of pyridine rings is 1. The number of nitrogens with zero attached hydrogens (tertiary/aromatic N) is 3. The van der Waals surface area contributed by atoms with Crippen LogP contribution in [0.3, 0.4) is 0 Å². The summed E-state index contributed by atoms with van der Waals surface area (Å²) in [4.78, 5) is 9.37. The van der Waals surface area contributed by atoms with Crippen LogP contribution < -0.4 is 10.6 Å². The summed E-state index contributed by atoms with van der Waals surface area (Å²) in [6.07, 6.45) is 4.51. The first-order valence-corrected chi connectivity index (χ1v) is 8.21. The molecule has 3 rings (SSSR count). The van der Waals surface area contributed by atoms with E-state index in [1.807, 2.05) is 18.3 Å². The molecule has 21 heavy (non-hydrogen) atoms. The fourth-order valence-electron chi connectivity index (χ4n) is 2.93. The third-order valence-corrected chi connectivity index (χ3v) is 4.62. The van der Waals surface area contributed by atoms with Gasteiger partial charge in [0.05, 0.1) is 11.2 Å². The molecule has 5 heteroatoms. The van der Waals surface area contributed by atoms with Crippen molar-refractivity contribution < 1.29 is 0 Å². The highest BCUT2D eigenvalue weighted by Gasteiger charge is 2.14. The highest BCUT2D eigenvalue weighted by atomic mass is 79.9. The van der Waals surface area contributed by atoms with Crippen molar-refractivity contribution in [3.05, 3.63) is 28.9 Å². The second-order valence-corrected chi connectivity index (χ2v) is 6.61. The second kappa shape index (κ2) is 6.20. The van der Waals surface area contributed by atoms with Gasteiger partial charge < -0.3 is 15.5 Å². The van der Waals surface area contributed by atoms with Crippen LogP contribution in [-0.2, 0) is 0 Å². The molecule has 0 saturated carbocycles. The molecule has 0 aliphatic carbocycles. The Kier molecular flexibility index (Phi) is 4.31. The van der Waals surface area contributed by atoms with Gasteiger partial charge in [-0.3, -0.25) is 4.98 Å². The molecule has 0 spiro atoms. The lowest BCUT2D eigenvalue weighted by Crippen LogP contribution is -2.31. The number of fused-ring (bicyclic) bond motifs is 1. The molecule has 0 amide bonds. The molecule has 4 nitrogen and oxygen atoms in total. The van der Waals surface area contributed by atoms with Gasteiger partial charge in [0.25, 0.3) is 0 Å². The number of nitrogen functional groups attached to an aromatic ring is 1. The Hall–Kier alpha value is -1.33. The smallest absolute Gasteiger partial charge is 0.0956 e. The maximum absolute atomic E-state index is 6.08. The van der Waals surface area contributed by atoms with E-state index >= 15 is 0 Å². The minimum atomic E-state index is 0.774. The normalized spacial score (nSPS) is 15.7. The van der Waals surface area contributed by atoms with Crippen LogP contribution >= 0.6 is 15.9 Å². The summed E-state index contributed by atoms with van der Waals surface area (Å²) in [5.74, 6) is 0. The van der Waals surface area contributed by atoms with Crippen LogP contribution in [0.5, 0.6) is 0 Å². The number of hydrogen-bond acceptors (Lipinski definition) is 4. The van der Waals surface area contributed by atoms with E-state index in [4.69, 9.17) is 5.73 Å². The van der Waals surface area contributed by atoms with E-state index in [1.165, 1.54) is 25.9 Å². The molecular weight excluding hydrogens is 328 g/mol. The molecule has 112 valence electrons. The molecule has 0 bridgehead atoms. The van der Waals surface area contributed by atoms with Gasteiger partial charge in [0.15, 0.2) is 0 Å². The fourth-order valence-corrected chi connectivity index (χ4v) is 3.26. The largest absolute Gasteiger partial charge is 0.398 e. The van der Waals surface area contributed by atoms with Crippen molar-refractivity contribution in [2.75, 3.05) is 43.9 Å². The number of anilines is 2. The molecule has 2 heterocycles. The number of hydrogen-bond donors (Lipinski definition) is 1. The lowest BCUT2D eigenvalue weighted by molar-refractivity contribution is 0.347. The van der Waals surface area contributed by atoms with Gasteiger partial charge >= 0.3 is 0 Å². The summed E-state index contributed by atoms with van der Waals surface area (Å²) in [6.45, 7) is 4.60. The molecular formula is C16H21BrN4. The molecule has 0 unspecified atom stereocenters. The van der Waals surface area contributed by atoms with Gasteiger partial charge in [0.1, 0.15) is 0 Å². The first-order chi connectivity index (χ1) is 10.1. The van der Waals surface area contributed by atoms with Gasteiger partial charge in [-0.1, -0.05) is 0 Å². The molecule has 1 saturated heterocycles. The zero-order chi connectivity index (χ0) is 14.8. The van der Waals surface area contributed by atoms with Crippen molar-refractivity contribution in [3.63, 3.8) is 0 Å². The van der Waals surface area contributed by atoms with Gasteiger partial charge in [0, 0.05) is 41.9 Å². The second-order valence-electron chi connectivity index (χ2n) is 5.69. The average molecular weight is 349 g/mol. The Bertz CT molecular complexity index is 637. The van der Waals surface area contributed by atoms with Crippen LogP contribution in [0.1, 0.15) is 12.8 Å². The SMILES string of the molecule is CN(CCN1CCCC1)c1ccc(N)c2cc(Br)cnc12. The highest BCUT2D eigenvalue weighted by molar-refractivity contribution is 9.10. The monoisotopic (exact) mass is 348 g/mol. The third kappa shape index (κ3) is 3.14. The Morgan fingerprint density at radius 2 is 2.10 bits per heavy atom. The quantitative estimate of drug-likeness (QED) is 0.862. The van der Waals surface area contributed by atoms with E-state index in [9.17, 15) is 0 Å². The van der Waals surface area contributed by atoms with Crippen molar-refractivity contribution in [2.45, 2.75) is 12.8 Å². The molecule has 1 aromatic heterocycles. The predicted molar refractivity (Wildman–Crippen MR) is 92.8 cm³/mol. The number of aromatic nitrogens is 1. The zero-order valence-electron chi connectivity index (χ0n) is 12.3. The predicted octanol–water partition coefficient (Wildman–Crippen LogP) is 3.11. The van der Waals surface area contributed by atoms with Gasteiger partial charge in [-0.25, -0.2) is 0 Å². The van der Waals surface area contributed by atoms with Crippen LogP contribution in [0.4, 0.5) is 11.4 Å². The van der Waals surface area contributed by atoms with Crippen LogP contribution in [0.25, 0.3) is 10.9 Å². The first kappa shape index (κ1) is 14.6. The molecule has 2 N–H and O–H groups in total. The molecule has 1 aliphatic rings. The summed E-state index contributed by atoms with van der Waals surface area (Å²) in [5, 5.41) is 1.01. The number of likely N-dealkylation sites (tertiary alicyclic amines) is 1. The number of halogens is 1. The maximum atomic E-state index is 6.08. The molecule has 2 aromatic rings. The summed E-state index contributed by atoms with van der Waals surface area (Å²) in [5.41, 5.74) is 8.97. The van der Waals surface area contributed by atoms with Crippen molar-refractivity contribution in [1.82, 2.24) is 9.88 Å². The minimum absolute atomic E-state index is 0.774. The van der Waals surface area contributed by atoms with Gasteiger partial charge in [-0.15, -0.1) is 0 Å². The topological polar surface area (TPSA) is 45.4 Å². The lowest BCUT2D eigenvalue weighted by atomic mass is 10.1. The Labute approximate surface area is 134 Å². The van der Waals surface area contributed by atoms with Crippen LogP contribution in [0, 0.1) is 0 Å². The van der Waals surface area contributed by atoms with Gasteiger partial charge in [-0.2, -0.15) is 0 Å². The van der Waals surface area contributed by atoms with E-state index < -0.39 is 0 Å². The number of benzene rings is 1. The fraction of sp³-hybridized carbons (Fsp3) is 0.438. The van der Waals surface area contributed by atoms with E-state index in [2.05, 4.69) is 43.8 Å². The van der Waals surface area contributed by atoms with Gasteiger partial charge in [-0.05, 0) is 60.1 Å². The summed E-state index contributed by atoms with van der Waals surface area (Å²) in [6, 6.07) is 6.08. The van der Waals surface area contributed by atoms with E-state index in [0.717, 1.165) is 39.8 Å². The van der Waals surface area contributed by atoms with Crippen molar-refractivity contribution >= 4 is 38.2 Å². The number of nitrogens with two attached hydrogens (primary N) is 1. The van der Waals surface area contributed by atoms with E-state index in [-0.39, 0.29) is 0 Å². The van der Waals surface area contributed by atoms with Crippen molar-refractivity contribution in [3.8, 4) is 0 Å². The summed E-state index contributed by atoms with van der Waals surface area (Å²) in [7, 11) is 2.13. The molecule has 1 fully saturated rings. The standard InChI is InChI=1S/C16H21BrN4/c1-20(8-9-21-6-2-3-7-21)15-5-4-14(18)13-10-12(17)11-19-16(13)15/h4-5,10-11H,2-3,6-9,18H2,1H3. The Morgan fingerprint density at radius 1 is 1.33 bits per heavy atom. The van der Waals surface area contributed by atoms with Crippen molar-refractivity contribution in [1.29, 1.82) is 0 Å². The highest BCUT2D eigenvalue weighted by Crippen LogP contribution is 2.30. The Morgan fingerprint density at radius 3 is 2.86 bits per heavy atom. The summed E-state index contributed by atoms with van der Waals surface area (Å²) >= 11 is 3.47. The zero-order valence-corrected chi connectivity index (χ0v) is 13.9. The molecule has 0 atom stereocenters. The average Bonchev–Trinajstić information content (AvgIpc) is 2.99. The Balaban J connectivity index is 1.83. The molecule has 1 aliphatic heterocycles. The maximum Gasteiger partial charge on any atom is 0.0956 e. The van der Waals surface area contributed by atoms with Gasteiger partial charge in [0.2, 0.25) is 0 Å². The molecule has 1 aromatic carbocycles. The van der Waals surface area contributed by atoms with Crippen molar-refractivity contribution in [2.24, 2.45) is 0 Å². The van der Waals surface area contributed by atoms with Crippen LogP contribution in [-0.4, -0.2) is 43.1 Å². The molecule has 0 radical (unpaired) electrons. The van der Waals surface area contributed by atoms with Crippen LogP contribution in [0.2, 0.25) is 0 Å². The lowest BCUT2D eigenvalue weighted by Gasteiger charge is -2.24. The van der Waals surface area contributed by atoms with E-state index in [0.29, 0.717) is 0 Å². The first-order valence-electron chi connectivity index (χ1n) is 7.42. The minimum Gasteiger partial charge on any atom is -0.398 e. The van der Waals surface area contributed by atoms with E-state index in [1.54, 1.807) is 0 Å².